The summed E-state index contributed by atoms with van der Waals surface area (Å²) in [4.78, 5) is 27.9. The normalized spacial score (nSPS) is 11.6. The molecule has 104 valence electrons. The van der Waals surface area contributed by atoms with Crippen LogP contribution in [0.25, 0.3) is 0 Å². The van der Waals surface area contributed by atoms with Crippen LogP contribution in [0, 0.1) is 0 Å². The highest BCUT2D eigenvalue weighted by molar-refractivity contribution is 6.76. The van der Waals surface area contributed by atoms with Crippen LogP contribution in [0.4, 0.5) is 0 Å². The first-order chi connectivity index (χ1) is 8.32. The van der Waals surface area contributed by atoms with Crippen molar-refractivity contribution in [1.29, 1.82) is 0 Å². The lowest BCUT2D eigenvalue weighted by molar-refractivity contribution is -0.195. The Kier molecular flexibility index (Phi) is 8.40. The molecule has 0 aromatic carbocycles. The van der Waals surface area contributed by atoms with E-state index in [-0.39, 0.29) is 13.0 Å². The first kappa shape index (κ1) is 17.6. The standard InChI is InChI=1S/C11H16Cl3NO3/c1-3-5-6-8-15(10(17)11(12,13)14)18-9(16)7-4-2/h5-6H,3-4,7-8H2,1-2H3. The van der Waals surface area contributed by atoms with Gasteiger partial charge in [-0.25, -0.2) is 4.79 Å². The smallest absolute Gasteiger partial charge is 0.332 e. The average Bonchev–Trinajstić information content (AvgIpc) is 2.26. The zero-order valence-corrected chi connectivity index (χ0v) is 12.6. The molecule has 0 rings (SSSR count). The SMILES string of the molecule is CCC=CCN(OC(=O)CCC)C(=O)C(Cl)(Cl)Cl. The van der Waals surface area contributed by atoms with Gasteiger partial charge >= 0.3 is 11.9 Å². The summed E-state index contributed by atoms with van der Waals surface area (Å²) in [5, 5.41) is 0.761. The highest BCUT2D eigenvalue weighted by Crippen LogP contribution is 2.28. The van der Waals surface area contributed by atoms with Crippen LogP contribution in [0.3, 0.4) is 0 Å². The van der Waals surface area contributed by atoms with Crippen molar-refractivity contribution in [1.82, 2.24) is 5.06 Å². The number of nitrogens with zero attached hydrogens (tertiary/aromatic N) is 1. The van der Waals surface area contributed by atoms with Gasteiger partial charge in [0.2, 0.25) is 0 Å². The van der Waals surface area contributed by atoms with E-state index in [0.717, 1.165) is 11.5 Å². The number of halogens is 3. The van der Waals surface area contributed by atoms with Crippen LogP contribution in [-0.4, -0.2) is 27.3 Å². The molecule has 4 nitrogen and oxygen atoms in total. The summed E-state index contributed by atoms with van der Waals surface area (Å²) in [6.45, 7) is 3.80. The minimum absolute atomic E-state index is 0.0516. The number of alkyl halides is 3. The number of hydrogen-bond donors (Lipinski definition) is 0. The number of amides is 1. The van der Waals surface area contributed by atoms with E-state index in [1.54, 1.807) is 6.08 Å². The Morgan fingerprint density at radius 2 is 1.83 bits per heavy atom. The van der Waals surface area contributed by atoms with Crippen LogP contribution in [-0.2, 0) is 14.4 Å². The van der Waals surface area contributed by atoms with Gasteiger partial charge in [0.05, 0.1) is 6.54 Å². The molecule has 0 bridgehead atoms. The summed E-state index contributed by atoms with van der Waals surface area (Å²) >= 11 is 16.4. The molecule has 7 heteroatoms. The summed E-state index contributed by atoms with van der Waals surface area (Å²) < 4.78 is -2.15. The molecule has 0 radical (unpaired) electrons. The van der Waals surface area contributed by atoms with Gasteiger partial charge in [0.1, 0.15) is 0 Å². The quantitative estimate of drug-likeness (QED) is 0.443. The molecular weight excluding hydrogens is 300 g/mol. The lowest BCUT2D eigenvalue weighted by Gasteiger charge is -2.22. The fourth-order valence-corrected chi connectivity index (χ4v) is 1.30. The van der Waals surface area contributed by atoms with E-state index in [9.17, 15) is 9.59 Å². The van der Waals surface area contributed by atoms with Gasteiger partial charge in [-0.3, -0.25) is 4.79 Å². The zero-order chi connectivity index (χ0) is 14.2. The maximum absolute atomic E-state index is 11.7. The van der Waals surface area contributed by atoms with Crippen LogP contribution < -0.4 is 0 Å². The molecule has 1 amide bonds. The van der Waals surface area contributed by atoms with Gasteiger partial charge in [-0.15, -0.1) is 0 Å². The lowest BCUT2D eigenvalue weighted by Crippen LogP contribution is -2.41. The van der Waals surface area contributed by atoms with E-state index >= 15 is 0 Å². The molecule has 0 heterocycles. The number of hydrogen-bond acceptors (Lipinski definition) is 3. The van der Waals surface area contributed by atoms with Crippen LogP contribution in [0.2, 0.25) is 0 Å². The van der Waals surface area contributed by atoms with E-state index in [1.165, 1.54) is 0 Å². The maximum Gasteiger partial charge on any atom is 0.332 e. The molecule has 0 aliphatic rings. The van der Waals surface area contributed by atoms with Crippen molar-refractivity contribution in [3.05, 3.63) is 12.2 Å². The Bertz CT molecular complexity index is 313. The predicted molar refractivity (Wildman–Crippen MR) is 72.4 cm³/mol. The van der Waals surface area contributed by atoms with Crippen LogP contribution in [0.15, 0.2) is 12.2 Å². The molecule has 0 unspecified atom stereocenters. The second-order valence-electron chi connectivity index (χ2n) is 3.46. The van der Waals surface area contributed by atoms with Crippen molar-refractivity contribution in [3.8, 4) is 0 Å². The molecular formula is C11H16Cl3NO3. The van der Waals surface area contributed by atoms with Crippen LogP contribution >= 0.6 is 34.8 Å². The fourth-order valence-electron chi connectivity index (χ4n) is 1.01. The van der Waals surface area contributed by atoms with E-state index in [0.29, 0.717) is 6.42 Å². The van der Waals surface area contributed by atoms with Gasteiger partial charge in [-0.2, -0.15) is 5.06 Å². The third-order valence-corrected chi connectivity index (χ3v) is 2.29. The summed E-state index contributed by atoms with van der Waals surface area (Å²) in [5.41, 5.74) is 0. The zero-order valence-electron chi connectivity index (χ0n) is 10.3. The molecule has 0 spiro atoms. The first-order valence-corrected chi connectivity index (χ1v) is 6.70. The van der Waals surface area contributed by atoms with Gasteiger partial charge in [-0.1, -0.05) is 60.8 Å². The minimum Gasteiger partial charge on any atom is -0.338 e. The molecule has 18 heavy (non-hydrogen) atoms. The molecule has 0 aliphatic carbocycles. The number of hydroxylamine groups is 2. The van der Waals surface area contributed by atoms with Crippen LogP contribution in [0.1, 0.15) is 33.1 Å². The first-order valence-electron chi connectivity index (χ1n) is 5.57. The number of rotatable bonds is 5. The highest BCUT2D eigenvalue weighted by Gasteiger charge is 2.37. The van der Waals surface area contributed by atoms with Gasteiger partial charge in [0.25, 0.3) is 3.79 Å². The molecule has 0 aromatic heterocycles. The van der Waals surface area contributed by atoms with Crippen molar-refractivity contribution in [3.63, 3.8) is 0 Å². The van der Waals surface area contributed by atoms with E-state index in [4.69, 9.17) is 39.6 Å². The van der Waals surface area contributed by atoms with E-state index < -0.39 is 15.7 Å². The highest BCUT2D eigenvalue weighted by atomic mass is 35.6. The van der Waals surface area contributed by atoms with E-state index in [2.05, 4.69) is 0 Å². The van der Waals surface area contributed by atoms with Gasteiger partial charge in [0.15, 0.2) is 0 Å². The number of carbonyl (C=O) groups excluding carboxylic acids is 2. The summed E-state index contributed by atoms with van der Waals surface area (Å²) in [6, 6.07) is 0. The third-order valence-electron chi connectivity index (χ3n) is 1.81. The summed E-state index contributed by atoms with van der Waals surface area (Å²) in [6.07, 6.45) is 5.07. The Hall–Kier alpha value is -0.450. The molecule has 0 N–H and O–H groups in total. The number of carbonyl (C=O) groups is 2. The van der Waals surface area contributed by atoms with Gasteiger partial charge in [-0.05, 0) is 12.8 Å². The molecule has 0 saturated heterocycles. The molecule has 0 atom stereocenters. The topological polar surface area (TPSA) is 46.6 Å². The lowest BCUT2D eigenvalue weighted by atomic mass is 10.3. The predicted octanol–water partition coefficient (Wildman–Crippen LogP) is 3.41. The van der Waals surface area contributed by atoms with Gasteiger partial charge < -0.3 is 4.84 Å². The second kappa shape index (κ2) is 8.62. The Morgan fingerprint density at radius 1 is 1.22 bits per heavy atom. The van der Waals surface area contributed by atoms with Crippen molar-refractivity contribution in [2.45, 2.75) is 36.9 Å². The Labute approximate surface area is 122 Å². The van der Waals surface area contributed by atoms with Crippen molar-refractivity contribution < 1.29 is 14.4 Å². The van der Waals surface area contributed by atoms with Crippen molar-refractivity contribution >= 4 is 46.7 Å². The minimum atomic E-state index is -2.15. The monoisotopic (exact) mass is 315 g/mol. The average molecular weight is 317 g/mol. The molecule has 0 aliphatic heterocycles. The Balaban J connectivity index is 4.67. The fraction of sp³-hybridized carbons (Fsp3) is 0.636. The van der Waals surface area contributed by atoms with Crippen molar-refractivity contribution in [2.75, 3.05) is 6.54 Å². The largest absolute Gasteiger partial charge is 0.338 e. The maximum atomic E-state index is 11.7. The summed E-state index contributed by atoms with van der Waals surface area (Å²) in [5.74, 6) is -1.43. The molecule has 0 saturated carbocycles. The summed E-state index contributed by atoms with van der Waals surface area (Å²) in [7, 11) is 0. The molecule has 0 fully saturated rings. The molecule has 0 aromatic rings. The number of allylic oxidation sites excluding steroid dienone is 1. The second-order valence-corrected chi connectivity index (χ2v) is 5.74. The van der Waals surface area contributed by atoms with Gasteiger partial charge in [0, 0.05) is 6.42 Å². The third kappa shape index (κ3) is 7.09. The van der Waals surface area contributed by atoms with E-state index in [1.807, 2.05) is 19.9 Å². The van der Waals surface area contributed by atoms with Crippen molar-refractivity contribution in [2.24, 2.45) is 0 Å². The Morgan fingerprint density at radius 3 is 2.28 bits per heavy atom. The van der Waals surface area contributed by atoms with Crippen LogP contribution in [0.5, 0.6) is 0 Å².